The molecule has 0 aromatic carbocycles. The number of hydrogen-bond donors (Lipinski definition) is 1. The quantitative estimate of drug-likeness (QED) is 0.398. The first-order valence-corrected chi connectivity index (χ1v) is 8.25. The SMILES string of the molecule is C=CC(C=C)=C(/C=C\C)OC(C)=O.CN.COCCS(=O)(=O)OF. The van der Waals surface area contributed by atoms with Crippen LogP contribution in [0.4, 0.5) is 4.53 Å². The second-order valence-corrected chi connectivity index (χ2v) is 5.29. The van der Waals surface area contributed by atoms with E-state index < -0.39 is 15.9 Å². The number of ether oxygens (including phenoxy) is 2. The van der Waals surface area contributed by atoms with Crippen molar-refractivity contribution in [2.75, 3.05) is 26.5 Å². The minimum absolute atomic E-state index is 0.0632. The molecule has 0 aliphatic rings. The Morgan fingerprint density at radius 2 is 1.75 bits per heavy atom. The zero-order valence-corrected chi connectivity index (χ0v) is 15.3. The highest BCUT2D eigenvalue weighted by Gasteiger charge is 2.09. The number of esters is 1. The molecule has 140 valence electrons. The van der Waals surface area contributed by atoms with Crippen molar-refractivity contribution in [2.24, 2.45) is 5.73 Å². The van der Waals surface area contributed by atoms with E-state index in [2.05, 4.69) is 28.0 Å². The summed E-state index contributed by atoms with van der Waals surface area (Å²) < 4.78 is 43.0. The van der Waals surface area contributed by atoms with E-state index in [1.807, 2.05) is 6.92 Å². The van der Waals surface area contributed by atoms with Gasteiger partial charge in [0.05, 0.1) is 6.61 Å². The van der Waals surface area contributed by atoms with Gasteiger partial charge in [0.15, 0.2) is 0 Å². The summed E-state index contributed by atoms with van der Waals surface area (Å²) in [6, 6.07) is 0. The molecule has 0 aromatic rings. The molecule has 0 aliphatic carbocycles. The lowest BCUT2D eigenvalue weighted by Gasteiger charge is -2.04. The predicted molar refractivity (Wildman–Crippen MR) is 92.0 cm³/mol. The summed E-state index contributed by atoms with van der Waals surface area (Å²) in [7, 11) is -1.16. The lowest BCUT2D eigenvalue weighted by Crippen LogP contribution is -2.10. The fraction of sp³-hybridized carbons (Fsp3) is 0.400. The molecule has 0 rings (SSSR count). The second-order valence-electron chi connectivity index (χ2n) is 3.64. The summed E-state index contributed by atoms with van der Waals surface area (Å²) in [6.45, 7) is 10.3. The van der Waals surface area contributed by atoms with Crippen molar-refractivity contribution in [1.82, 2.24) is 0 Å². The summed E-state index contributed by atoms with van der Waals surface area (Å²) in [5.74, 6) is -0.339. The highest BCUT2D eigenvalue weighted by atomic mass is 32.2. The van der Waals surface area contributed by atoms with E-state index in [1.165, 1.54) is 21.1 Å². The van der Waals surface area contributed by atoms with Gasteiger partial charge in [-0.1, -0.05) is 35.8 Å². The van der Waals surface area contributed by atoms with Gasteiger partial charge in [-0.15, -0.1) is 0 Å². The molecule has 0 saturated heterocycles. The molecule has 0 unspecified atom stereocenters. The van der Waals surface area contributed by atoms with E-state index in [1.54, 1.807) is 24.3 Å². The maximum Gasteiger partial charge on any atom is 0.308 e. The molecule has 0 atom stereocenters. The molecular formula is C15H26FNO6S. The number of carbonyl (C=O) groups excluding carboxylic acids is 1. The largest absolute Gasteiger partial charge is 0.426 e. The van der Waals surface area contributed by atoms with Gasteiger partial charge in [-0.25, -0.2) is 0 Å². The van der Waals surface area contributed by atoms with Gasteiger partial charge >= 0.3 is 5.97 Å². The van der Waals surface area contributed by atoms with Gasteiger partial charge in [-0.2, -0.15) is 8.42 Å². The maximum atomic E-state index is 11.0. The fourth-order valence-electron chi connectivity index (χ4n) is 0.997. The minimum atomic E-state index is -3.97. The average Bonchev–Trinajstić information content (AvgIpc) is 2.56. The Kier molecular flexibility index (Phi) is 19.8. The number of nitrogens with two attached hydrogens (primary N) is 1. The summed E-state index contributed by atoms with van der Waals surface area (Å²) in [5.41, 5.74) is 5.20. The smallest absolute Gasteiger partial charge is 0.308 e. The number of methoxy groups -OCH3 is 1. The van der Waals surface area contributed by atoms with Gasteiger partial charge in [0.1, 0.15) is 11.5 Å². The van der Waals surface area contributed by atoms with Crippen molar-refractivity contribution in [3.63, 3.8) is 0 Å². The third-order valence-corrected chi connectivity index (χ3v) is 2.79. The van der Waals surface area contributed by atoms with Crippen LogP contribution < -0.4 is 5.73 Å². The Labute approximate surface area is 143 Å². The Morgan fingerprint density at radius 3 is 2.04 bits per heavy atom. The first kappa shape index (κ1) is 27.1. The van der Waals surface area contributed by atoms with E-state index in [-0.39, 0.29) is 12.6 Å². The summed E-state index contributed by atoms with van der Waals surface area (Å²) in [6.07, 6.45) is 6.65. The average molecular weight is 367 g/mol. The van der Waals surface area contributed by atoms with Gasteiger partial charge in [0.2, 0.25) is 0 Å². The molecule has 0 amide bonds. The van der Waals surface area contributed by atoms with Crippen molar-refractivity contribution in [3.8, 4) is 0 Å². The molecular weight excluding hydrogens is 341 g/mol. The predicted octanol–water partition coefficient (Wildman–Crippen LogP) is 2.19. The molecule has 0 saturated carbocycles. The van der Waals surface area contributed by atoms with E-state index in [0.29, 0.717) is 11.3 Å². The minimum Gasteiger partial charge on any atom is -0.426 e. The van der Waals surface area contributed by atoms with Crippen LogP contribution in [0.25, 0.3) is 0 Å². The molecule has 0 aliphatic heterocycles. The summed E-state index contributed by atoms with van der Waals surface area (Å²) in [5, 5.41) is 0. The topological polar surface area (TPSA) is 105 Å². The van der Waals surface area contributed by atoms with Crippen LogP contribution in [0.15, 0.2) is 48.8 Å². The first-order chi connectivity index (χ1) is 11.3. The number of hydrogen-bond acceptors (Lipinski definition) is 7. The van der Waals surface area contributed by atoms with Gasteiger partial charge in [-0.05, 0) is 24.6 Å². The Hall–Kier alpha value is -1.81. The zero-order chi connectivity index (χ0) is 19.6. The number of halogens is 1. The number of rotatable bonds is 8. The van der Waals surface area contributed by atoms with Crippen LogP contribution in [0.1, 0.15) is 13.8 Å². The third-order valence-electron chi connectivity index (χ3n) is 1.93. The molecule has 9 heteroatoms. The van der Waals surface area contributed by atoms with Gasteiger partial charge < -0.3 is 15.2 Å². The standard InChI is InChI=1S/C11H14O2.C3H7FO4S.CH5N/c1-5-8-11(13-9(4)12)10(6-2)7-3;1-7-2-3-9(5,6)8-4;1-2/h5-8H,2-3H2,1,4H3;2-3H2,1H3;2H2,1H3/b8-5-;;. The van der Waals surface area contributed by atoms with Crippen molar-refractivity contribution < 1.29 is 31.6 Å². The van der Waals surface area contributed by atoms with E-state index in [0.717, 1.165) is 0 Å². The highest BCUT2D eigenvalue weighted by molar-refractivity contribution is 7.86. The van der Waals surface area contributed by atoms with Crippen LogP contribution in [-0.4, -0.2) is 40.9 Å². The Bertz CT molecular complexity index is 516. The molecule has 0 aromatic heterocycles. The van der Waals surface area contributed by atoms with Gasteiger partial charge in [0.25, 0.3) is 10.1 Å². The first-order valence-electron chi connectivity index (χ1n) is 6.67. The molecule has 0 bridgehead atoms. The van der Waals surface area contributed by atoms with Crippen molar-refractivity contribution in [3.05, 3.63) is 48.8 Å². The normalized spacial score (nSPS) is 9.75. The monoisotopic (exact) mass is 367 g/mol. The number of allylic oxidation sites excluding steroid dienone is 5. The molecule has 0 spiro atoms. The summed E-state index contributed by atoms with van der Waals surface area (Å²) in [4.78, 5) is 10.7. The van der Waals surface area contributed by atoms with Crippen molar-refractivity contribution >= 4 is 16.1 Å². The maximum absolute atomic E-state index is 11.0. The van der Waals surface area contributed by atoms with Gasteiger partial charge in [-0.3, -0.25) is 4.79 Å². The van der Waals surface area contributed by atoms with Crippen LogP contribution in [0.3, 0.4) is 0 Å². The Morgan fingerprint density at radius 1 is 1.25 bits per heavy atom. The van der Waals surface area contributed by atoms with Crippen LogP contribution >= 0.6 is 0 Å². The van der Waals surface area contributed by atoms with Crippen LogP contribution in [-0.2, 0) is 28.8 Å². The van der Waals surface area contributed by atoms with E-state index in [9.17, 15) is 17.7 Å². The van der Waals surface area contributed by atoms with Crippen LogP contribution in [0, 0.1) is 0 Å². The number of carbonyl (C=O) groups is 1. The molecule has 0 radical (unpaired) electrons. The summed E-state index contributed by atoms with van der Waals surface area (Å²) >= 11 is 0. The van der Waals surface area contributed by atoms with Crippen LogP contribution in [0.5, 0.6) is 0 Å². The van der Waals surface area contributed by atoms with Crippen LogP contribution in [0.2, 0.25) is 0 Å². The highest BCUT2D eigenvalue weighted by Crippen LogP contribution is 2.10. The zero-order valence-electron chi connectivity index (χ0n) is 14.5. The fourth-order valence-corrected chi connectivity index (χ4v) is 1.43. The molecule has 0 fully saturated rings. The second kappa shape index (κ2) is 17.5. The van der Waals surface area contributed by atoms with Crippen molar-refractivity contribution in [1.29, 1.82) is 0 Å². The molecule has 0 heterocycles. The van der Waals surface area contributed by atoms with E-state index >= 15 is 0 Å². The Balaban J connectivity index is -0.000000351. The van der Waals surface area contributed by atoms with Crippen molar-refractivity contribution in [2.45, 2.75) is 13.8 Å². The van der Waals surface area contributed by atoms with Gasteiger partial charge in [0, 0.05) is 19.6 Å². The molecule has 24 heavy (non-hydrogen) atoms. The molecule has 7 nitrogen and oxygen atoms in total. The molecule has 2 N–H and O–H groups in total. The third kappa shape index (κ3) is 16.6. The lowest BCUT2D eigenvalue weighted by atomic mass is 10.2. The van der Waals surface area contributed by atoms with E-state index in [4.69, 9.17) is 4.74 Å². The lowest BCUT2D eigenvalue weighted by molar-refractivity contribution is -0.136.